The number of ketones is 1. The highest BCUT2D eigenvalue weighted by molar-refractivity contribution is 7.80. The Hall–Kier alpha value is -1.02. The zero-order valence-electron chi connectivity index (χ0n) is 8.45. The summed E-state index contributed by atoms with van der Waals surface area (Å²) in [6.45, 7) is 3.59. The lowest BCUT2D eigenvalue weighted by molar-refractivity contribution is 0.101. The van der Waals surface area contributed by atoms with Gasteiger partial charge in [0.1, 0.15) is 0 Å². The molecule has 0 spiro atoms. The van der Waals surface area contributed by atoms with Crippen LogP contribution >= 0.6 is 12.6 Å². The van der Waals surface area contributed by atoms with Crippen LogP contribution in [0, 0.1) is 6.92 Å². The lowest BCUT2D eigenvalue weighted by Crippen LogP contribution is -1.93. The molecule has 0 aliphatic heterocycles. The molecule has 0 N–H and O–H groups in total. The molecule has 0 aliphatic carbocycles. The van der Waals surface area contributed by atoms with Gasteiger partial charge in [0.15, 0.2) is 5.78 Å². The summed E-state index contributed by atoms with van der Waals surface area (Å²) in [6, 6.07) is 5.74. The molecule has 0 heterocycles. The summed E-state index contributed by atoms with van der Waals surface area (Å²) in [5.74, 6) is 0.839. The van der Waals surface area contributed by atoms with Gasteiger partial charge in [-0.25, -0.2) is 0 Å². The number of benzene rings is 1. The number of aryl methyl sites for hydroxylation is 1. The highest BCUT2D eigenvalue weighted by atomic mass is 32.1. The molecule has 74 valence electrons. The Labute approximate surface area is 90.2 Å². The molecule has 0 fully saturated rings. The van der Waals surface area contributed by atoms with E-state index in [2.05, 4.69) is 12.6 Å². The molecule has 1 aromatic rings. The number of carbonyl (C=O) groups excluding carboxylic acids is 1. The molecular weight excluding hydrogens is 192 g/mol. The summed E-state index contributed by atoms with van der Waals surface area (Å²) in [4.78, 5) is 11.1. The Morgan fingerprint density at radius 3 is 2.71 bits per heavy atom. The van der Waals surface area contributed by atoms with Crippen molar-refractivity contribution in [3.05, 3.63) is 41.0 Å². The minimum atomic E-state index is 0.109. The predicted molar refractivity (Wildman–Crippen MR) is 64.1 cm³/mol. The smallest absolute Gasteiger partial charge is 0.159 e. The van der Waals surface area contributed by atoms with Gasteiger partial charge in [0.2, 0.25) is 0 Å². The summed E-state index contributed by atoms with van der Waals surface area (Å²) in [5.41, 5.74) is 3.03. The lowest BCUT2D eigenvalue weighted by Gasteiger charge is -2.02. The number of rotatable bonds is 3. The average molecular weight is 206 g/mol. The molecule has 1 aromatic carbocycles. The zero-order valence-corrected chi connectivity index (χ0v) is 9.34. The van der Waals surface area contributed by atoms with Crippen LogP contribution in [-0.2, 0) is 0 Å². The minimum Gasteiger partial charge on any atom is -0.295 e. The fourth-order valence-corrected chi connectivity index (χ4v) is 1.37. The van der Waals surface area contributed by atoms with Gasteiger partial charge in [-0.1, -0.05) is 24.3 Å². The van der Waals surface area contributed by atoms with Crippen LogP contribution in [0.3, 0.4) is 0 Å². The van der Waals surface area contributed by atoms with Gasteiger partial charge in [-0.15, -0.1) is 0 Å². The molecule has 0 aliphatic rings. The van der Waals surface area contributed by atoms with Crippen LogP contribution in [0.4, 0.5) is 0 Å². The van der Waals surface area contributed by atoms with E-state index < -0.39 is 0 Å². The summed E-state index contributed by atoms with van der Waals surface area (Å²) in [6.07, 6.45) is 4.01. The number of Topliss-reactive ketones (excluding diaryl/α,β-unsaturated/α-hetero) is 1. The summed E-state index contributed by atoms with van der Waals surface area (Å²) >= 11 is 4.10. The lowest BCUT2D eigenvalue weighted by atomic mass is 10.0. The van der Waals surface area contributed by atoms with Crippen molar-refractivity contribution < 1.29 is 4.79 Å². The normalized spacial score (nSPS) is 10.8. The molecule has 0 aromatic heterocycles. The van der Waals surface area contributed by atoms with Gasteiger partial charge in [-0.3, -0.25) is 4.79 Å². The highest BCUT2D eigenvalue weighted by Crippen LogP contribution is 2.13. The molecule has 0 unspecified atom stereocenters. The molecule has 0 amide bonds. The van der Waals surface area contributed by atoms with E-state index in [-0.39, 0.29) is 5.78 Å². The molecule has 0 atom stereocenters. The third kappa shape index (κ3) is 2.74. The van der Waals surface area contributed by atoms with Crippen molar-refractivity contribution in [1.82, 2.24) is 0 Å². The van der Waals surface area contributed by atoms with Crippen molar-refractivity contribution in [3.63, 3.8) is 0 Å². The fraction of sp³-hybridized carbons (Fsp3) is 0.250. The van der Waals surface area contributed by atoms with Crippen molar-refractivity contribution in [2.75, 3.05) is 5.75 Å². The first-order valence-corrected chi connectivity index (χ1v) is 5.17. The first kappa shape index (κ1) is 11.1. The summed E-state index contributed by atoms with van der Waals surface area (Å²) < 4.78 is 0. The molecule has 0 saturated carbocycles. The average Bonchev–Trinajstić information content (AvgIpc) is 2.15. The van der Waals surface area contributed by atoms with Crippen molar-refractivity contribution in [1.29, 1.82) is 0 Å². The van der Waals surface area contributed by atoms with Crippen LogP contribution in [0.1, 0.15) is 28.4 Å². The van der Waals surface area contributed by atoms with Crippen molar-refractivity contribution in [3.8, 4) is 0 Å². The summed E-state index contributed by atoms with van der Waals surface area (Å²) in [7, 11) is 0. The van der Waals surface area contributed by atoms with Crippen LogP contribution in [0.15, 0.2) is 24.3 Å². The molecule has 0 radical (unpaired) electrons. The monoisotopic (exact) mass is 206 g/mol. The second-order valence-electron chi connectivity index (χ2n) is 3.21. The largest absolute Gasteiger partial charge is 0.295 e. The van der Waals surface area contributed by atoms with Crippen LogP contribution < -0.4 is 0 Å². The first-order valence-electron chi connectivity index (χ1n) is 4.54. The first-order chi connectivity index (χ1) is 6.65. The number of carbonyl (C=O) groups is 1. The van der Waals surface area contributed by atoms with Gasteiger partial charge >= 0.3 is 0 Å². The molecule has 0 saturated heterocycles. The van der Waals surface area contributed by atoms with Crippen LogP contribution in [0.5, 0.6) is 0 Å². The van der Waals surface area contributed by atoms with Crippen molar-refractivity contribution in [2.24, 2.45) is 0 Å². The summed E-state index contributed by atoms with van der Waals surface area (Å²) in [5, 5.41) is 0. The van der Waals surface area contributed by atoms with Gasteiger partial charge in [-0.05, 0) is 31.0 Å². The van der Waals surface area contributed by atoms with Gasteiger partial charge < -0.3 is 0 Å². The molecule has 0 bridgehead atoms. The Morgan fingerprint density at radius 1 is 1.50 bits per heavy atom. The third-order valence-corrected chi connectivity index (χ3v) is 2.29. The van der Waals surface area contributed by atoms with Gasteiger partial charge in [0.25, 0.3) is 0 Å². The van der Waals surface area contributed by atoms with Crippen LogP contribution in [-0.4, -0.2) is 11.5 Å². The van der Waals surface area contributed by atoms with Crippen molar-refractivity contribution >= 4 is 24.5 Å². The second-order valence-corrected chi connectivity index (χ2v) is 3.58. The topological polar surface area (TPSA) is 17.1 Å². The molecule has 2 heteroatoms. The maximum atomic E-state index is 11.1. The van der Waals surface area contributed by atoms with E-state index in [1.165, 1.54) is 0 Å². The Bertz CT molecular complexity index is 367. The minimum absolute atomic E-state index is 0.109. The standard InChI is InChI=1S/C12H14OS/c1-9-8-12(10(2)13)6-5-11(9)4-3-7-14/h3-6,8,14H,7H2,1-2H3. The maximum absolute atomic E-state index is 11.1. The number of hydrogen-bond donors (Lipinski definition) is 1. The van der Waals surface area contributed by atoms with E-state index in [1.54, 1.807) is 6.92 Å². The quantitative estimate of drug-likeness (QED) is 0.594. The zero-order chi connectivity index (χ0) is 10.6. The number of thiol groups is 1. The number of hydrogen-bond acceptors (Lipinski definition) is 2. The van der Waals surface area contributed by atoms with E-state index in [0.717, 1.165) is 22.4 Å². The predicted octanol–water partition coefficient (Wildman–Crippen LogP) is 3.14. The van der Waals surface area contributed by atoms with Crippen molar-refractivity contribution in [2.45, 2.75) is 13.8 Å². The van der Waals surface area contributed by atoms with E-state index in [4.69, 9.17) is 0 Å². The van der Waals surface area contributed by atoms with Gasteiger partial charge in [0, 0.05) is 11.3 Å². The van der Waals surface area contributed by atoms with E-state index >= 15 is 0 Å². The Balaban J connectivity index is 3.01. The second kappa shape index (κ2) is 5.01. The highest BCUT2D eigenvalue weighted by Gasteiger charge is 2.00. The molecular formula is C12H14OS. The SMILES string of the molecule is CC(=O)c1ccc(C=CCS)c(C)c1. The van der Waals surface area contributed by atoms with E-state index in [0.29, 0.717) is 0 Å². The Morgan fingerprint density at radius 2 is 2.21 bits per heavy atom. The Kier molecular flexibility index (Phi) is 3.96. The van der Waals surface area contributed by atoms with E-state index in [9.17, 15) is 4.79 Å². The maximum Gasteiger partial charge on any atom is 0.159 e. The molecule has 1 nitrogen and oxygen atoms in total. The van der Waals surface area contributed by atoms with Crippen LogP contribution in [0.25, 0.3) is 6.08 Å². The van der Waals surface area contributed by atoms with E-state index in [1.807, 2.05) is 37.3 Å². The molecule has 1 rings (SSSR count). The van der Waals surface area contributed by atoms with Gasteiger partial charge in [-0.2, -0.15) is 12.6 Å². The van der Waals surface area contributed by atoms with Gasteiger partial charge in [0.05, 0.1) is 0 Å². The molecule has 14 heavy (non-hydrogen) atoms. The fourth-order valence-electron chi connectivity index (χ4n) is 1.26. The van der Waals surface area contributed by atoms with Crippen LogP contribution in [0.2, 0.25) is 0 Å². The third-order valence-electron chi connectivity index (χ3n) is 2.08.